The van der Waals surface area contributed by atoms with Crippen LogP contribution in [-0.4, -0.2) is 96.7 Å². The first kappa shape index (κ1) is 81.1. The molecule has 0 radical (unpaired) electrons. The lowest BCUT2D eigenvalue weighted by atomic mass is 9.99. The van der Waals surface area contributed by atoms with Crippen LogP contribution in [0.5, 0.6) is 0 Å². The van der Waals surface area contributed by atoms with E-state index in [1.807, 2.05) is 0 Å². The molecule has 492 valence electrons. The molecule has 3 N–H and O–H groups in total. The van der Waals surface area contributed by atoms with E-state index >= 15 is 0 Å². The Balaban J connectivity index is 5.11. The molecule has 83 heavy (non-hydrogen) atoms. The minimum Gasteiger partial charge on any atom is -0.462 e. The smallest absolute Gasteiger partial charge is 0.462 e. The maximum absolute atomic E-state index is 13.0. The van der Waals surface area contributed by atoms with Gasteiger partial charge in [-0.15, -0.1) is 0 Å². The first-order valence-corrected chi connectivity index (χ1v) is 36.5. The number of aliphatic hydroxyl groups is 1. The molecule has 0 aromatic rings. The highest BCUT2D eigenvalue weighted by atomic mass is 31.2. The molecule has 0 spiro atoms. The Morgan fingerprint density at radius 2 is 0.614 bits per heavy atom. The van der Waals surface area contributed by atoms with Crippen molar-refractivity contribution < 1.29 is 80.2 Å². The van der Waals surface area contributed by atoms with Gasteiger partial charge in [0.15, 0.2) is 12.2 Å². The van der Waals surface area contributed by atoms with Gasteiger partial charge in [-0.25, -0.2) is 9.13 Å². The van der Waals surface area contributed by atoms with Crippen molar-refractivity contribution in [2.24, 2.45) is 11.8 Å². The van der Waals surface area contributed by atoms with Crippen LogP contribution in [0.3, 0.4) is 0 Å². The predicted octanol–water partition coefficient (Wildman–Crippen LogP) is 17.7. The van der Waals surface area contributed by atoms with E-state index in [0.29, 0.717) is 25.7 Å². The summed E-state index contributed by atoms with van der Waals surface area (Å²) in [7, 11) is -9.87. The summed E-state index contributed by atoms with van der Waals surface area (Å²) in [4.78, 5) is 71.8. The van der Waals surface area contributed by atoms with Crippen molar-refractivity contribution in [2.45, 2.75) is 336 Å². The van der Waals surface area contributed by atoms with E-state index in [-0.39, 0.29) is 25.7 Å². The third-order valence-corrected chi connectivity index (χ3v) is 17.0. The van der Waals surface area contributed by atoms with Crippen LogP contribution in [0.15, 0.2) is 0 Å². The Hall–Kier alpha value is -1.94. The Bertz CT molecular complexity index is 1630. The molecule has 0 aromatic heterocycles. The lowest BCUT2D eigenvalue weighted by molar-refractivity contribution is -0.161. The van der Waals surface area contributed by atoms with E-state index in [2.05, 4.69) is 41.5 Å². The fourth-order valence-electron chi connectivity index (χ4n) is 9.50. The summed E-state index contributed by atoms with van der Waals surface area (Å²) in [6.45, 7) is 9.40. The van der Waals surface area contributed by atoms with E-state index in [4.69, 9.17) is 37.0 Å². The average molecular weight is 1230 g/mol. The summed E-state index contributed by atoms with van der Waals surface area (Å²) in [5.41, 5.74) is 0. The van der Waals surface area contributed by atoms with Gasteiger partial charge < -0.3 is 33.8 Å². The molecule has 6 atom stereocenters. The highest BCUT2D eigenvalue weighted by molar-refractivity contribution is 7.47. The highest BCUT2D eigenvalue weighted by Gasteiger charge is 2.30. The minimum absolute atomic E-state index is 0.103. The number of ether oxygens (including phenoxy) is 4. The molecule has 0 saturated heterocycles. The van der Waals surface area contributed by atoms with Crippen LogP contribution in [0.25, 0.3) is 0 Å². The van der Waals surface area contributed by atoms with Crippen LogP contribution in [-0.2, 0) is 65.4 Å². The molecule has 0 fully saturated rings. The van der Waals surface area contributed by atoms with Crippen LogP contribution < -0.4 is 0 Å². The second-order valence-electron chi connectivity index (χ2n) is 23.9. The predicted molar refractivity (Wildman–Crippen MR) is 331 cm³/mol. The molecule has 0 aliphatic heterocycles. The number of hydrogen-bond acceptors (Lipinski definition) is 15. The average Bonchev–Trinajstić information content (AvgIpc) is 3.49. The largest absolute Gasteiger partial charge is 0.472 e. The number of esters is 4. The molecule has 0 aliphatic carbocycles. The zero-order valence-corrected chi connectivity index (χ0v) is 55.3. The molecule has 0 rings (SSSR count). The maximum atomic E-state index is 13.0. The van der Waals surface area contributed by atoms with Gasteiger partial charge in [-0.1, -0.05) is 266 Å². The number of phosphoric acid groups is 2. The zero-order valence-electron chi connectivity index (χ0n) is 53.5. The van der Waals surface area contributed by atoms with E-state index in [0.717, 1.165) is 121 Å². The Labute approximate surface area is 505 Å². The third kappa shape index (κ3) is 57.6. The van der Waals surface area contributed by atoms with Crippen molar-refractivity contribution in [1.29, 1.82) is 0 Å². The Morgan fingerprint density at radius 3 is 0.916 bits per heavy atom. The van der Waals surface area contributed by atoms with Crippen LogP contribution in [0.4, 0.5) is 0 Å². The first-order chi connectivity index (χ1) is 39.9. The van der Waals surface area contributed by atoms with Crippen LogP contribution in [0.1, 0.15) is 318 Å². The van der Waals surface area contributed by atoms with Gasteiger partial charge in [0.2, 0.25) is 0 Å². The van der Waals surface area contributed by atoms with Crippen LogP contribution in [0.2, 0.25) is 0 Å². The summed E-state index contributed by atoms with van der Waals surface area (Å²) in [6.07, 6.45) is 39.5. The lowest BCUT2D eigenvalue weighted by Crippen LogP contribution is -2.30. The number of phosphoric ester groups is 2. The van der Waals surface area contributed by atoms with Crippen molar-refractivity contribution in [3.8, 4) is 0 Å². The monoisotopic (exact) mass is 1230 g/mol. The minimum atomic E-state index is -4.94. The van der Waals surface area contributed by atoms with Gasteiger partial charge in [0, 0.05) is 25.7 Å². The molecule has 17 nitrogen and oxygen atoms in total. The second-order valence-corrected chi connectivity index (χ2v) is 26.8. The van der Waals surface area contributed by atoms with E-state index in [1.165, 1.54) is 116 Å². The van der Waals surface area contributed by atoms with Crippen LogP contribution in [0, 0.1) is 11.8 Å². The van der Waals surface area contributed by atoms with E-state index < -0.39 is 97.5 Å². The van der Waals surface area contributed by atoms with Gasteiger partial charge in [0.25, 0.3) is 0 Å². The van der Waals surface area contributed by atoms with Crippen molar-refractivity contribution in [2.75, 3.05) is 39.6 Å². The van der Waals surface area contributed by atoms with E-state index in [9.17, 15) is 43.2 Å². The third-order valence-electron chi connectivity index (χ3n) is 15.1. The molecule has 0 saturated carbocycles. The summed E-state index contributed by atoms with van der Waals surface area (Å²) in [5, 5.41) is 10.5. The normalized spacial score (nSPS) is 14.6. The second kappa shape index (κ2) is 56.6. The molecule has 0 amide bonds. The van der Waals surface area contributed by atoms with Gasteiger partial charge in [0.05, 0.1) is 26.4 Å². The quantitative estimate of drug-likeness (QED) is 0.0222. The van der Waals surface area contributed by atoms with Crippen molar-refractivity contribution in [1.82, 2.24) is 0 Å². The van der Waals surface area contributed by atoms with Crippen molar-refractivity contribution in [3.63, 3.8) is 0 Å². The highest BCUT2D eigenvalue weighted by Crippen LogP contribution is 2.45. The van der Waals surface area contributed by atoms with Gasteiger partial charge in [-0.2, -0.15) is 0 Å². The fourth-order valence-corrected chi connectivity index (χ4v) is 11.1. The van der Waals surface area contributed by atoms with Crippen molar-refractivity contribution >= 4 is 39.5 Å². The van der Waals surface area contributed by atoms with E-state index in [1.54, 1.807) is 0 Å². The SMILES string of the molecule is CCCCCCCCCC(=O)O[C@H](COC(=O)CCCCCCC)COP(=O)(O)OC[C@H](O)COP(=O)(O)OC[C@@H](COC(=O)CCCCCCCCCCC(C)CC)OC(=O)CCCCCCCCCCCCCCCCCCC(C)C. The van der Waals surface area contributed by atoms with Gasteiger partial charge in [-0.05, 0) is 37.5 Å². The summed E-state index contributed by atoms with van der Waals surface area (Å²) >= 11 is 0. The summed E-state index contributed by atoms with van der Waals surface area (Å²) < 4.78 is 67.7. The van der Waals surface area contributed by atoms with Gasteiger partial charge >= 0.3 is 39.5 Å². The fraction of sp³-hybridized carbons (Fsp3) is 0.938. The Morgan fingerprint density at radius 1 is 0.349 bits per heavy atom. The maximum Gasteiger partial charge on any atom is 0.472 e. The zero-order chi connectivity index (χ0) is 61.5. The molecule has 0 bridgehead atoms. The van der Waals surface area contributed by atoms with Crippen molar-refractivity contribution in [3.05, 3.63) is 0 Å². The summed E-state index contributed by atoms with van der Waals surface area (Å²) in [5.74, 6) is -0.563. The molecular formula is C64H124O17P2. The molecule has 0 aromatic carbocycles. The lowest BCUT2D eigenvalue weighted by Gasteiger charge is -2.21. The molecule has 19 heteroatoms. The standard InChI is InChI=1S/C64H124O17P2/c1-7-10-12-14-27-36-42-48-63(68)80-59(52-74-61(66)46-40-32-13-11-8-2)54-78-82(70,71)76-50-58(65)51-77-83(72,73)79-55-60(53-75-62(67)47-41-35-30-26-25-29-34-39-45-57(6)9-3)81-64(69)49-43-37-31-24-22-20-18-16-15-17-19-21-23-28-33-38-44-56(4)5/h56-60,65H,7-55H2,1-6H3,(H,70,71)(H,72,73)/t57?,58-,59+,60+/m0/s1. The number of aliphatic hydroxyl groups excluding tert-OH is 1. The molecule has 0 aliphatic rings. The number of hydrogen-bond donors (Lipinski definition) is 3. The van der Waals surface area contributed by atoms with Gasteiger partial charge in [-0.3, -0.25) is 37.3 Å². The summed E-state index contributed by atoms with van der Waals surface area (Å²) in [6, 6.07) is 0. The number of carbonyl (C=O) groups is 4. The first-order valence-electron chi connectivity index (χ1n) is 33.5. The topological polar surface area (TPSA) is 237 Å². The Kier molecular flexibility index (Phi) is 55.2. The van der Waals surface area contributed by atoms with Crippen LogP contribution >= 0.6 is 15.6 Å². The van der Waals surface area contributed by atoms with Gasteiger partial charge in [0.1, 0.15) is 19.3 Å². The molecular weight excluding hydrogens is 1100 g/mol. The molecule has 3 unspecified atom stereocenters. The number of rotatable bonds is 63. The number of unbranched alkanes of at least 4 members (excludes halogenated alkanes) is 32. The number of carbonyl (C=O) groups excluding carboxylic acids is 4. The molecule has 0 heterocycles.